The maximum absolute atomic E-state index is 13.7. The first kappa shape index (κ1) is 20.7. The van der Waals surface area contributed by atoms with E-state index in [1.54, 1.807) is 30.3 Å². The fraction of sp³-hybridized carbons (Fsp3) is 0.0526. The Morgan fingerprint density at radius 1 is 1.31 bits per heavy atom. The zero-order valence-corrected chi connectivity index (χ0v) is 17.0. The zero-order chi connectivity index (χ0) is 20.8. The van der Waals surface area contributed by atoms with Crippen molar-refractivity contribution in [1.82, 2.24) is 4.98 Å². The highest BCUT2D eigenvalue weighted by Gasteiger charge is 2.11. The SMILES string of the molecule is O=[N+]([O-])c1ccc(N/N=C\c2cc(Cl)c(OCc3ccccc3F)c(Br)c2)nc1. The smallest absolute Gasteiger partial charge is 0.287 e. The predicted octanol–water partition coefficient (Wildman–Crippen LogP) is 5.57. The molecule has 2 aromatic carbocycles. The molecule has 0 aliphatic carbocycles. The quantitative estimate of drug-likeness (QED) is 0.272. The first-order valence-electron chi connectivity index (χ1n) is 8.19. The molecule has 0 saturated heterocycles. The van der Waals surface area contributed by atoms with E-state index < -0.39 is 4.92 Å². The summed E-state index contributed by atoms with van der Waals surface area (Å²) in [7, 11) is 0. The Hall–Kier alpha value is -3.04. The van der Waals surface area contributed by atoms with Gasteiger partial charge >= 0.3 is 0 Å². The number of hydrogen-bond acceptors (Lipinski definition) is 6. The van der Waals surface area contributed by atoms with Gasteiger partial charge in [0.05, 0.1) is 20.6 Å². The van der Waals surface area contributed by atoms with E-state index in [0.29, 0.717) is 32.2 Å². The number of aromatic nitrogens is 1. The lowest BCUT2D eigenvalue weighted by Crippen LogP contribution is -2.00. The van der Waals surface area contributed by atoms with Gasteiger partial charge in [-0.05, 0) is 45.8 Å². The molecule has 0 aliphatic heterocycles. The highest BCUT2D eigenvalue weighted by molar-refractivity contribution is 9.10. The maximum atomic E-state index is 13.7. The number of anilines is 1. The average Bonchev–Trinajstić information content (AvgIpc) is 2.69. The molecule has 29 heavy (non-hydrogen) atoms. The van der Waals surface area contributed by atoms with Crippen molar-refractivity contribution in [1.29, 1.82) is 0 Å². The number of nitro groups is 1. The molecule has 1 heterocycles. The Morgan fingerprint density at radius 3 is 2.76 bits per heavy atom. The minimum Gasteiger partial charge on any atom is -0.486 e. The van der Waals surface area contributed by atoms with Crippen molar-refractivity contribution >= 4 is 45.3 Å². The van der Waals surface area contributed by atoms with Crippen molar-refractivity contribution in [2.24, 2.45) is 5.10 Å². The summed E-state index contributed by atoms with van der Waals surface area (Å²) in [5.74, 6) is 0.383. The first-order chi connectivity index (χ1) is 13.9. The Labute approximate surface area is 178 Å². The molecule has 10 heteroatoms. The van der Waals surface area contributed by atoms with Crippen molar-refractivity contribution in [3.8, 4) is 5.75 Å². The standard InChI is InChI=1S/C19H13BrClFN4O3/c20-15-7-12(9-24-25-18-6-5-14(10-23-18)26(27)28)8-16(21)19(15)29-11-13-3-1-2-4-17(13)22/h1-10H,11H2,(H,23,25)/b24-9-. The van der Waals surface area contributed by atoms with Crippen LogP contribution in [-0.2, 0) is 6.61 Å². The number of nitrogens with one attached hydrogen (secondary N) is 1. The van der Waals surface area contributed by atoms with Gasteiger partial charge in [0.2, 0.25) is 0 Å². The largest absolute Gasteiger partial charge is 0.486 e. The van der Waals surface area contributed by atoms with Crippen LogP contribution in [0.4, 0.5) is 15.9 Å². The van der Waals surface area contributed by atoms with Crippen molar-refractivity contribution in [3.05, 3.63) is 91.3 Å². The van der Waals surface area contributed by atoms with Crippen molar-refractivity contribution in [2.45, 2.75) is 6.61 Å². The lowest BCUT2D eigenvalue weighted by Gasteiger charge is -2.11. The first-order valence-corrected chi connectivity index (χ1v) is 9.36. The second-order valence-corrected chi connectivity index (χ2v) is 6.98. The molecule has 3 rings (SSSR count). The van der Waals surface area contributed by atoms with Crippen LogP contribution in [0.2, 0.25) is 5.02 Å². The molecule has 0 saturated carbocycles. The molecule has 0 unspecified atom stereocenters. The molecule has 148 valence electrons. The zero-order valence-electron chi connectivity index (χ0n) is 14.7. The highest BCUT2D eigenvalue weighted by atomic mass is 79.9. The molecule has 1 N–H and O–H groups in total. The molecule has 0 atom stereocenters. The minimum atomic E-state index is -0.532. The van der Waals surface area contributed by atoms with E-state index in [9.17, 15) is 14.5 Å². The number of hydrogen-bond donors (Lipinski definition) is 1. The third-order valence-corrected chi connectivity index (χ3v) is 4.57. The molecule has 0 fully saturated rings. The fourth-order valence-electron chi connectivity index (χ4n) is 2.29. The second kappa shape index (κ2) is 9.44. The van der Waals surface area contributed by atoms with Gasteiger partial charge in [0, 0.05) is 11.6 Å². The van der Waals surface area contributed by atoms with E-state index >= 15 is 0 Å². The van der Waals surface area contributed by atoms with Gasteiger partial charge in [-0.1, -0.05) is 29.8 Å². The van der Waals surface area contributed by atoms with E-state index in [4.69, 9.17) is 16.3 Å². The average molecular weight is 480 g/mol. The summed E-state index contributed by atoms with van der Waals surface area (Å²) in [6.07, 6.45) is 2.63. The number of rotatable bonds is 7. The Morgan fingerprint density at radius 2 is 2.10 bits per heavy atom. The lowest BCUT2D eigenvalue weighted by molar-refractivity contribution is -0.385. The topological polar surface area (TPSA) is 89.7 Å². The van der Waals surface area contributed by atoms with Crippen LogP contribution in [0, 0.1) is 15.9 Å². The van der Waals surface area contributed by atoms with E-state index in [-0.39, 0.29) is 18.1 Å². The molecular formula is C19H13BrClFN4O3. The molecule has 0 radical (unpaired) electrons. The summed E-state index contributed by atoms with van der Waals surface area (Å²) in [4.78, 5) is 14.0. The summed E-state index contributed by atoms with van der Waals surface area (Å²) in [5, 5.41) is 15.0. The van der Waals surface area contributed by atoms with Gasteiger partial charge in [-0.3, -0.25) is 15.5 Å². The van der Waals surface area contributed by atoms with Crippen LogP contribution in [0.25, 0.3) is 0 Å². The van der Waals surface area contributed by atoms with E-state index in [1.807, 2.05) is 0 Å². The molecule has 0 bridgehead atoms. The number of nitrogens with zero attached hydrogens (tertiary/aromatic N) is 3. The Balaban J connectivity index is 1.66. The van der Waals surface area contributed by atoms with Gasteiger partial charge in [-0.25, -0.2) is 9.37 Å². The molecule has 7 nitrogen and oxygen atoms in total. The second-order valence-electron chi connectivity index (χ2n) is 5.72. The summed E-state index contributed by atoms with van der Waals surface area (Å²) in [6, 6.07) is 12.5. The summed E-state index contributed by atoms with van der Waals surface area (Å²) < 4.78 is 19.9. The molecule has 0 amide bonds. The Bertz CT molecular complexity index is 1040. The van der Waals surface area contributed by atoms with Crippen LogP contribution in [0.5, 0.6) is 5.75 Å². The molecule has 3 aromatic rings. The van der Waals surface area contributed by atoms with Crippen LogP contribution in [0.15, 0.2) is 64.3 Å². The molecular weight excluding hydrogens is 467 g/mol. The number of benzene rings is 2. The number of halogens is 3. The van der Waals surface area contributed by atoms with Crippen molar-refractivity contribution in [2.75, 3.05) is 5.43 Å². The predicted molar refractivity (Wildman–Crippen MR) is 112 cm³/mol. The molecule has 1 aromatic heterocycles. The molecule has 0 aliphatic rings. The Kier molecular flexibility index (Phi) is 6.73. The van der Waals surface area contributed by atoms with Gasteiger partial charge in [-0.15, -0.1) is 0 Å². The highest BCUT2D eigenvalue weighted by Crippen LogP contribution is 2.34. The van der Waals surface area contributed by atoms with Crippen molar-refractivity contribution < 1.29 is 14.1 Å². The lowest BCUT2D eigenvalue weighted by atomic mass is 10.2. The summed E-state index contributed by atoms with van der Waals surface area (Å²) >= 11 is 9.66. The van der Waals surface area contributed by atoms with E-state index in [1.165, 1.54) is 24.4 Å². The summed E-state index contributed by atoms with van der Waals surface area (Å²) in [5.41, 5.74) is 3.64. The van der Waals surface area contributed by atoms with Gasteiger partial charge in [-0.2, -0.15) is 5.10 Å². The van der Waals surface area contributed by atoms with E-state index in [0.717, 1.165) is 6.20 Å². The van der Waals surface area contributed by atoms with Gasteiger partial charge in [0.25, 0.3) is 5.69 Å². The van der Waals surface area contributed by atoms with Crippen LogP contribution in [0.3, 0.4) is 0 Å². The number of ether oxygens (including phenoxy) is 1. The number of pyridine rings is 1. The van der Waals surface area contributed by atoms with Crippen LogP contribution >= 0.6 is 27.5 Å². The third-order valence-electron chi connectivity index (χ3n) is 3.70. The fourth-order valence-corrected chi connectivity index (χ4v) is 3.28. The maximum Gasteiger partial charge on any atom is 0.287 e. The number of hydrazone groups is 1. The molecule has 0 spiro atoms. The normalized spacial score (nSPS) is 10.9. The van der Waals surface area contributed by atoms with Gasteiger partial charge < -0.3 is 4.74 Å². The summed E-state index contributed by atoms with van der Waals surface area (Å²) in [6.45, 7) is 0.0335. The van der Waals surface area contributed by atoms with Crippen LogP contribution in [0.1, 0.15) is 11.1 Å². The van der Waals surface area contributed by atoms with Crippen LogP contribution in [-0.4, -0.2) is 16.1 Å². The monoisotopic (exact) mass is 478 g/mol. The van der Waals surface area contributed by atoms with Crippen LogP contribution < -0.4 is 10.2 Å². The van der Waals surface area contributed by atoms with Gasteiger partial charge in [0.1, 0.15) is 24.4 Å². The van der Waals surface area contributed by atoms with Gasteiger partial charge in [0.15, 0.2) is 5.75 Å². The minimum absolute atomic E-state index is 0.0335. The van der Waals surface area contributed by atoms with E-state index in [2.05, 4.69) is 31.4 Å². The third kappa shape index (κ3) is 5.49. The van der Waals surface area contributed by atoms with Crippen molar-refractivity contribution in [3.63, 3.8) is 0 Å².